The molecular formula is C16H20ClN3O3. The van der Waals surface area contributed by atoms with E-state index in [1.807, 2.05) is 6.92 Å². The Morgan fingerprint density at radius 1 is 1.43 bits per heavy atom. The minimum Gasteiger partial charge on any atom is -0.480 e. The number of para-hydroxylation sites is 1. The Balaban J connectivity index is 2.17. The molecule has 2 aromatic rings. The molecule has 1 aromatic carbocycles. The monoisotopic (exact) mass is 337 g/mol. The number of aromatic nitrogens is 2. The maximum absolute atomic E-state index is 12.5. The first kappa shape index (κ1) is 17.1. The molecule has 2 rings (SSSR count). The average molecular weight is 338 g/mol. The highest BCUT2D eigenvalue weighted by atomic mass is 35.5. The molecule has 6 nitrogen and oxygen atoms in total. The fourth-order valence-electron chi connectivity index (χ4n) is 2.23. The van der Waals surface area contributed by atoms with E-state index in [0.29, 0.717) is 34.5 Å². The quantitative estimate of drug-likeness (QED) is 0.879. The molecule has 1 amide bonds. The lowest BCUT2D eigenvalue weighted by atomic mass is 10.2. The molecule has 0 fully saturated rings. The number of amides is 1. The van der Waals surface area contributed by atoms with E-state index in [-0.39, 0.29) is 5.91 Å². The van der Waals surface area contributed by atoms with Crippen LogP contribution in [0.5, 0.6) is 11.6 Å². The number of ether oxygens (including phenoxy) is 2. The Morgan fingerprint density at radius 3 is 2.74 bits per heavy atom. The molecule has 0 radical (unpaired) electrons. The molecule has 1 N–H and O–H groups in total. The predicted octanol–water partition coefficient (Wildman–Crippen LogP) is 3.19. The van der Waals surface area contributed by atoms with Gasteiger partial charge in [-0.05, 0) is 25.5 Å². The molecule has 0 aliphatic rings. The third kappa shape index (κ3) is 3.76. The second-order valence-corrected chi connectivity index (χ2v) is 5.43. The molecular weight excluding hydrogens is 318 g/mol. The molecule has 1 atom stereocenters. The zero-order valence-corrected chi connectivity index (χ0v) is 14.3. The van der Waals surface area contributed by atoms with Crippen molar-refractivity contribution < 1.29 is 14.3 Å². The Bertz CT molecular complexity index is 700. The van der Waals surface area contributed by atoms with E-state index in [1.54, 1.807) is 42.9 Å². The average Bonchev–Trinajstić information content (AvgIpc) is 2.79. The molecule has 0 unspecified atom stereocenters. The van der Waals surface area contributed by atoms with Crippen molar-refractivity contribution in [3.63, 3.8) is 0 Å². The van der Waals surface area contributed by atoms with Crippen molar-refractivity contribution in [1.82, 2.24) is 9.78 Å². The van der Waals surface area contributed by atoms with Gasteiger partial charge in [-0.2, -0.15) is 5.10 Å². The van der Waals surface area contributed by atoms with Crippen LogP contribution in [0.2, 0.25) is 5.02 Å². The Kier molecular flexibility index (Phi) is 5.50. The van der Waals surface area contributed by atoms with Crippen LogP contribution >= 0.6 is 11.6 Å². The third-order valence-corrected chi connectivity index (χ3v) is 3.69. The Morgan fingerprint density at radius 2 is 2.13 bits per heavy atom. The van der Waals surface area contributed by atoms with Gasteiger partial charge in [0.15, 0.2) is 6.10 Å². The third-order valence-electron chi connectivity index (χ3n) is 3.38. The van der Waals surface area contributed by atoms with E-state index in [4.69, 9.17) is 21.1 Å². The maximum Gasteiger partial charge on any atom is 0.265 e. The second kappa shape index (κ2) is 7.37. The van der Waals surface area contributed by atoms with Crippen LogP contribution in [-0.4, -0.2) is 28.9 Å². The highest BCUT2D eigenvalue weighted by Gasteiger charge is 2.23. The number of methoxy groups -OCH3 is 1. The zero-order chi connectivity index (χ0) is 17.0. The summed E-state index contributed by atoms with van der Waals surface area (Å²) >= 11 is 6.08. The fourth-order valence-corrected chi connectivity index (χ4v) is 2.41. The minimum absolute atomic E-state index is 0.276. The lowest BCUT2D eigenvalue weighted by molar-refractivity contribution is -0.122. The van der Waals surface area contributed by atoms with Gasteiger partial charge in [0.2, 0.25) is 5.88 Å². The van der Waals surface area contributed by atoms with Crippen molar-refractivity contribution in [2.45, 2.75) is 26.4 Å². The van der Waals surface area contributed by atoms with Crippen LogP contribution in [0.3, 0.4) is 0 Å². The first-order valence-corrected chi connectivity index (χ1v) is 7.65. The van der Waals surface area contributed by atoms with Crippen molar-refractivity contribution in [3.05, 3.63) is 35.0 Å². The van der Waals surface area contributed by atoms with Crippen molar-refractivity contribution in [3.8, 4) is 11.6 Å². The van der Waals surface area contributed by atoms with Gasteiger partial charge in [-0.25, -0.2) is 4.68 Å². The summed E-state index contributed by atoms with van der Waals surface area (Å²) < 4.78 is 12.6. The number of anilines is 1. The summed E-state index contributed by atoms with van der Waals surface area (Å²) in [6, 6.07) is 7.06. The minimum atomic E-state index is -0.667. The largest absolute Gasteiger partial charge is 0.480 e. The number of hydrogen-bond donors (Lipinski definition) is 1. The molecule has 1 aromatic heterocycles. The second-order valence-electron chi connectivity index (χ2n) is 5.03. The lowest BCUT2D eigenvalue weighted by Gasteiger charge is -2.18. The standard InChI is InChI=1S/C16H20ClN3O3/c1-5-12(23-13-9-7-6-8-11(13)17)15(21)18-14-10(2)19-20(3)16(14)22-4/h6-9,12H,5H2,1-4H3,(H,18,21)/t12-/m0/s1. The van der Waals surface area contributed by atoms with E-state index >= 15 is 0 Å². The Hall–Kier alpha value is -2.21. The van der Waals surface area contributed by atoms with E-state index in [2.05, 4.69) is 10.4 Å². The van der Waals surface area contributed by atoms with Gasteiger partial charge in [0.1, 0.15) is 11.4 Å². The molecule has 0 saturated carbocycles. The fraction of sp³-hybridized carbons (Fsp3) is 0.375. The zero-order valence-electron chi connectivity index (χ0n) is 13.6. The summed E-state index contributed by atoms with van der Waals surface area (Å²) in [4.78, 5) is 12.5. The number of nitrogens with one attached hydrogen (secondary N) is 1. The van der Waals surface area contributed by atoms with Crippen LogP contribution in [0.4, 0.5) is 5.69 Å². The van der Waals surface area contributed by atoms with Gasteiger partial charge in [-0.15, -0.1) is 0 Å². The van der Waals surface area contributed by atoms with Crippen molar-refractivity contribution in [2.75, 3.05) is 12.4 Å². The summed E-state index contributed by atoms with van der Waals surface area (Å²) in [5.41, 5.74) is 1.21. The number of benzene rings is 1. The number of rotatable bonds is 6. The highest BCUT2D eigenvalue weighted by molar-refractivity contribution is 6.32. The topological polar surface area (TPSA) is 65.4 Å². The smallest absolute Gasteiger partial charge is 0.265 e. The maximum atomic E-state index is 12.5. The predicted molar refractivity (Wildman–Crippen MR) is 89.3 cm³/mol. The molecule has 0 aliphatic carbocycles. The molecule has 7 heteroatoms. The molecule has 1 heterocycles. The lowest BCUT2D eigenvalue weighted by Crippen LogP contribution is -2.32. The summed E-state index contributed by atoms with van der Waals surface area (Å²) in [7, 11) is 3.28. The Labute approximate surface area is 140 Å². The number of nitrogens with zero attached hydrogens (tertiary/aromatic N) is 2. The normalized spacial score (nSPS) is 11.9. The van der Waals surface area contributed by atoms with Gasteiger partial charge in [0, 0.05) is 7.05 Å². The van der Waals surface area contributed by atoms with E-state index < -0.39 is 6.10 Å². The van der Waals surface area contributed by atoms with Crippen LogP contribution in [0, 0.1) is 6.92 Å². The summed E-state index contributed by atoms with van der Waals surface area (Å²) in [6.07, 6.45) is -0.169. The summed E-state index contributed by atoms with van der Waals surface area (Å²) in [5, 5.41) is 7.53. The molecule has 0 aliphatic heterocycles. The van der Waals surface area contributed by atoms with Crippen molar-refractivity contribution in [2.24, 2.45) is 7.05 Å². The van der Waals surface area contributed by atoms with Crippen LogP contribution in [-0.2, 0) is 11.8 Å². The highest BCUT2D eigenvalue weighted by Crippen LogP contribution is 2.28. The first-order chi connectivity index (χ1) is 11.0. The number of halogens is 1. The van der Waals surface area contributed by atoms with Crippen molar-refractivity contribution >= 4 is 23.2 Å². The van der Waals surface area contributed by atoms with Crippen molar-refractivity contribution in [1.29, 1.82) is 0 Å². The van der Waals surface area contributed by atoms with Crippen LogP contribution < -0.4 is 14.8 Å². The van der Waals surface area contributed by atoms with Crippen LogP contribution in [0.25, 0.3) is 0 Å². The van der Waals surface area contributed by atoms with E-state index in [0.717, 1.165) is 0 Å². The van der Waals surface area contributed by atoms with E-state index in [9.17, 15) is 4.79 Å². The molecule has 124 valence electrons. The number of aryl methyl sites for hydroxylation is 2. The molecule has 23 heavy (non-hydrogen) atoms. The number of hydrogen-bond acceptors (Lipinski definition) is 4. The van der Waals surface area contributed by atoms with Gasteiger partial charge in [-0.1, -0.05) is 30.7 Å². The summed E-state index contributed by atoms with van der Waals surface area (Å²) in [6.45, 7) is 3.67. The van der Waals surface area contributed by atoms with Gasteiger partial charge >= 0.3 is 0 Å². The van der Waals surface area contributed by atoms with Gasteiger partial charge in [0.25, 0.3) is 5.91 Å². The number of carbonyl (C=O) groups is 1. The SMILES string of the molecule is CC[C@H](Oc1ccccc1Cl)C(=O)Nc1c(C)nn(C)c1OC. The van der Waals surface area contributed by atoms with E-state index in [1.165, 1.54) is 7.11 Å². The van der Waals surface area contributed by atoms with Gasteiger partial charge in [0.05, 0.1) is 17.8 Å². The molecule has 0 saturated heterocycles. The summed E-state index contributed by atoms with van der Waals surface area (Å²) in [5.74, 6) is 0.691. The number of carbonyl (C=O) groups excluding carboxylic acids is 1. The van der Waals surface area contributed by atoms with Gasteiger partial charge < -0.3 is 14.8 Å². The van der Waals surface area contributed by atoms with Gasteiger partial charge in [-0.3, -0.25) is 4.79 Å². The van der Waals surface area contributed by atoms with Crippen LogP contribution in [0.1, 0.15) is 19.0 Å². The first-order valence-electron chi connectivity index (χ1n) is 7.27. The molecule has 0 bridgehead atoms. The molecule has 0 spiro atoms. The van der Waals surface area contributed by atoms with Crippen LogP contribution in [0.15, 0.2) is 24.3 Å².